The number of hydrogen-bond donors (Lipinski definition) is 1. The summed E-state index contributed by atoms with van der Waals surface area (Å²) in [7, 11) is -1.98. The Morgan fingerprint density at radius 1 is 1.50 bits per heavy atom. The highest BCUT2D eigenvalue weighted by atomic mass is 35.5. The number of thiazole rings is 1. The Hall–Kier alpha value is -1.22. The van der Waals surface area contributed by atoms with Gasteiger partial charge in [0.05, 0.1) is 15.1 Å². The SMILES string of the molecule is CCN(C)S(=O)(=O)c1ccc2nc(NC(=O)C(C)Cl)sc2c1. The summed E-state index contributed by atoms with van der Waals surface area (Å²) >= 11 is 6.90. The van der Waals surface area contributed by atoms with Crippen molar-refractivity contribution in [3.63, 3.8) is 0 Å². The summed E-state index contributed by atoms with van der Waals surface area (Å²) in [4.78, 5) is 16.0. The van der Waals surface area contributed by atoms with Gasteiger partial charge in [-0.15, -0.1) is 11.6 Å². The molecule has 0 saturated heterocycles. The lowest BCUT2D eigenvalue weighted by Crippen LogP contribution is -2.26. The average molecular weight is 362 g/mol. The molecule has 1 unspecified atom stereocenters. The van der Waals surface area contributed by atoms with Crippen LogP contribution in [0.3, 0.4) is 0 Å². The minimum absolute atomic E-state index is 0.205. The molecule has 0 fully saturated rings. The second kappa shape index (κ2) is 6.49. The smallest absolute Gasteiger partial charge is 0.243 e. The quantitative estimate of drug-likeness (QED) is 0.830. The second-order valence-electron chi connectivity index (χ2n) is 4.67. The largest absolute Gasteiger partial charge is 0.301 e. The third kappa shape index (κ3) is 3.40. The summed E-state index contributed by atoms with van der Waals surface area (Å²) in [5.41, 5.74) is 0.626. The lowest BCUT2D eigenvalue weighted by Gasteiger charge is -2.14. The Balaban J connectivity index is 2.38. The number of fused-ring (bicyclic) bond motifs is 1. The van der Waals surface area contributed by atoms with Gasteiger partial charge in [0.2, 0.25) is 15.9 Å². The van der Waals surface area contributed by atoms with Crippen LogP contribution in [0, 0.1) is 0 Å². The molecule has 22 heavy (non-hydrogen) atoms. The maximum atomic E-state index is 12.3. The van der Waals surface area contributed by atoms with Crippen molar-refractivity contribution in [2.45, 2.75) is 24.1 Å². The summed E-state index contributed by atoms with van der Waals surface area (Å²) in [6.45, 7) is 3.72. The van der Waals surface area contributed by atoms with Gasteiger partial charge in [-0.2, -0.15) is 0 Å². The molecule has 1 aromatic carbocycles. The fourth-order valence-corrected chi connectivity index (χ4v) is 3.92. The molecule has 0 saturated carbocycles. The molecule has 0 radical (unpaired) electrons. The Labute approximate surface area is 138 Å². The Kier molecular flexibility index (Phi) is 5.06. The van der Waals surface area contributed by atoms with Crippen LogP contribution >= 0.6 is 22.9 Å². The third-order valence-electron chi connectivity index (χ3n) is 3.10. The van der Waals surface area contributed by atoms with Gasteiger partial charge in [0, 0.05) is 13.6 Å². The molecule has 0 aliphatic rings. The number of alkyl halides is 1. The highest BCUT2D eigenvalue weighted by Gasteiger charge is 2.20. The first-order valence-corrected chi connectivity index (χ1v) is 9.27. The van der Waals surface area contributed by atoms with Crippen LogP contribution in [-0.2, 0) is 14.8 Å². The van der Waals surface area contributed by atoms with Crippen LogP contribution in [0.15, 0.2) is 23.1 Å². The van der Waals surface area contributed by atoms with Gasteiger partial charge in [0.25, 0.3) is 0 Å². The van der Waals surface area contributed by atoms with E-state index in [0.717, 1.165) is 0 Å². The van der Waals surface area contributed by atoms with Crippen molar-refractivity contribution in [1.82, 2.24) is 9.29 Å². The number of anilines is 1. The van der Waals surface area contributed by atoms with Crippen molar-refractivity contribution < 1.29 is 13.2 Å². The molecule has 0 aliphatic carbocycles. The summed E-state index contributed by atoms with van der Waals surface area (Å²) in [6, 6.07) is 4.70. The van der Waals surface area contributed by atoms with Crippen LogP contribution in [0.4, 0.5) is 5.13 Å². The van der Waals surface area contributed by atoms with Crippen molar-refractivity contribution in [2.75, 3.05) is 18.9 Å². The van der Waals surface area contributed by atoms with Crippen LogP contribution < -0.4 is 5.32 Å². The summed E-state index contributed by atoms with van der Waals surface area (Å²) in [5, 5.41) is 2.33. The lowest BCUT2D eigenvalue weighted by molar-refractivity contribution is -0.115. The molecule has 9 heteroatoms. The van der Waals surface area contributed by atoms with E-state index in [2.05, 4.69) is 10.3 Å². The topological polar surface area (TPSA) is 79.4 Å². The van der Waals surface area contributed by atoms with Crippen molar-refractivity contribution in [1.29, 1.82) is 0 Å². The van der Waals surface area contributed by atoms with E-state index >= 15 is 0 Å². The van der Waals surface area contributed by atoms with Crippen molar-refractivity contribution >= 4 is 54.2 Å². The van der Waals surface area contributed by atoms with E-state index in [9.17, 15) is 13.2 Å². The number of aromatic nitrogens is 1. The highest BCUT2D eigenvalue weighted by molar-refractivity contribution is 7.89. The minimum atomic E-state index is -3.50. The van der Waals surface area contributed by atoms with Crippen LogP contribution in [0.5, 0.6) is 0 Å². The van der Waals surface area contributed by atoms with Crippen molar-refractivity contribution in [3.05, 3.63) is 18.2 Å². The Morgan fingerprint density at radius 2 is 2.18 bits per heavy atom. The predicted octanol–water partition coefficient (Wildman–Crippen LogP) is 2.50. The van der Waals surface area contributed by atoms with Crippen molar-refractivity contribution in [3.8, 4) is 0 Å². The molecule has 1 aromatic heterocycles. The van der Waals surface area contributed by atoms with E-state index in [1.165, 1.54) is 28.8 Å². The van der Waals surface area contributed by atoms with E-state index in [4.69, 9.17) is 11.6 Å². The van der Waals surface area contributed by atoms with Gasteiger partial charge >= 0.3 is 0 Å². The molecule has 0 bridgehead atoms. The number of sulfonamides is 1. The zero-order valence-corrected chi connectivity index (χ0v) is 14.7. The van der Waals surface area contributed by atoms with Crippen molar-refractivity contribution in [2.24, 2.45) is 0 Å². The summed E-state index contributed by atoms with van der Waals surface area (Å²) < 4.78 is 26.6. The third-order valence-corrected chi connectivity index (χ3v) is 6.17. The first kappa shape index (κ1) is 17.1. The van der Waals surface area contributed by atoms with Crippen LogP contribution in [0.2, 0.25) is 0 Å². The van der Waals surface area contributed by atoms with Crippen LogP contribution in [-0.4, -0.2) is 42.6 Å². The minimum Gasteiger partial charge on any atom is -0.301 e. The molecular formula is C13H16ClN3O3S2. The maximum Gasteiger partial charge on any atom is 0.243 e. The molecule has 1 amide bonds. The first-order chi connectivity index (χ1) is 10.3. The van der Waals surface area contributed by atoms with E-state index < -0.39 is 15.4 Å². The molecule has 120 valence electrons. The molecule has 0 spiro atoms. The zero-order chi connectivity index (χ0) is 16.5. The average Bonchev–Trinajstić information content (AvgIpc) is 2.87. The Morgan fingerprint density at radius 3 is 2.77 bits per heavy atom. The number of hydrogen-bond acceptors (Lipinski definition) is 5. The number of benzene rings is 1. The summed E-state index contributed by atoms with van der Waals surface area (Å²) in [5.74, 6) is -0.348. The van der Waals surface area contributed by atoms with Gasteiger partial charge in [-0.1, -0.05) is 18.3 Å². The van der Waals surface area contributed by atoms with Gasteiger partial charge in [-0.25, -0.2) is 17.7 Å². The lowest BCUT2D eigenvalue weighted by atomic mass is 10.3. The normalized spacial score (nSPS) is 13.5. The number of halogens is 1. The number of nitrogens with one attached hydrogen (secondary N) is 1. The van der Waals surface area contributed by atoms with Gasteiger partial charge in [0.15, 0.2) is 5.13 Å². The monoisotopic (exact) mass is 361 g/mol. The molecule has 1 atom stereocenters. The van der Waals surface area contributed by atoms with E-state index in [0.29, 0.717) is 21.9 Å². The molecule has 6 nitrogen and oxygen atoms in total. The van der Waals surface area contributed by atoms with Crippen LogP contribution in [0.1, 0.15) is 13.8 Å². The molecule has 2 aromatic rings. The van der Waals surface area contributed by atoms with E-state index in [-0.39, 0.29) is 10.8 Å². The second-order valence-corrected chi connectivity index (χ2v) is 8.40. The highest BCUT2D eigenvalue weighted by Crippen LogP contribution is 2.29. The number of amides is 1. The maximum absolute atomic E-state index is 12.3. The van der Waals surface area contributed by atoms with E-state index in [1.807, 2.05) is 0 Å². The van der Waals surface area contributed by atoms with Gasteiger partial charge in [-0.05, 0) is 25.1 Å². The predicted molar refractivity (Wildman–Crippen MR) is 89.1 cm³/mol. The number of carbonyl (C=O) groups excluding carboxylic acids is 1. The van der Waals surface area contributed by atoms with Gasteiger partial charge in [-0.3, -0.25) is 4.79 Å². The first-order valence-electron chi connectivity index (χ1n) is 6.57. The number of carbonyl (C=O) groups is 1. The Bertz CT molecular complexity index is 802. The number of rotatable bonds is 5. The summed E-state index contributed by atoms with van der Waals surface area (Å²) in [6.07, 6.45) is 0. The molecule has 1 heterocycles. The van der Waals surface area contributed by atoms with Crippen LogP contribution in [0.25, 0.3) is 10.2 Å². The molecule has 1 N–H and O–H groups in total. The molecular weight excluding hydrogens is 346 g/mol. The van der Waals surface area contributed by atoms with Gasteiger partial charge < -0.3 is 5.32 Å². The van der Waals surface area contributed by atoms with Gasteiger partial charge in [0.1, 0.15) is 5.38 Å². The number of nitrogens with zero attached hydrogens (tertiary/aromatic N) is 2. The fourth-order valence-electron chi connectivity index (χ4n) is 1.67. The zero-order valence-electron chi connectivity index (χ0n) is 12.3. The molecule has 0 aliphatic heterocycles. The fraction of sp³-hybridized carbons (Fsp3) is 0.385. The standard InChI is InChI=1S/C13H16ClN3O3S2/c1-4-17(3)22(19,20)9-5-6-10-11(7-9)21-13(15-10)16-12(18)8(2)14/h5-8H,4H2,1-3H3,(H,15,16,18). The molecule has 2 rings (SSSR count). The van der Waals surface area contributed by atoms with E-state index in [1.54, 1.807) is 26.0 Å².